The van der Waals surface area contributed by atoms with Crippen molar-refractivity contribution in [2.24, 2.45) is 12.0 Å². The van der Waals surface area contributed by atoms with Crippen LogP contribution in [0.3, 0.4) is 0 Å². The Morgan fingerprint density at radius 3 is 2.96 bits per heavy atom. The van der Waals surface area contributed by atoms with Crippen LogP contribution in [-0.2, 0) is 7.05 Å². The fourth-order valence-corrected chi connectivity index (χ4v) is 3.80. The fourth-order valence-electron chi connectivity index (χ4n) is 2.72. The Balaban J connectivity index is 2.01. The summed E-state index contributed by atoms with van der Waals surface area (Å²) in [7, 11) is 6.13. The van der Waals surface area contributed by atoms with E-state index in [0.717, 1.165) is 12.5 Å². The summed E-state index contributed by atoms with van der Waals surface area (Å²) in [6.07, 6.45) is 6.52. The molecule has 130 valence electrons. The molecule has 1 aromatic heterocycles. The lowest BCUT2D eigenvalue weighted by Gasteiger charge is -2.26. The second kappa shape index (κ2) is 9.17. The summed E-state index contributed by atoms with van der Waals surface area (Å²) in [4.78, 5) is 7.02. The molecule has 0 spiro atoms. The number of aryl methyl sites for hydroxylation is 1. The van der Waals surface area contributed by atoms with Crippen molar-refractivity contribution in [3.63, 3.8) is 0 Å². The van der Waals surface area contributed by atoms with Gasteiger partial charge in [0.25, 0.3) is 0 Å². The number of nitrogens with one attached hydrogen (secondary N) is 2. The fraction of sp³-hybridized carbons (Fsp3) is 0.750. The van der Waals surface area contributed by atoms with Crippen molar-refractivity contribution in [2.45, 2.75) is 31.8 Å². The monoisotopic (exact) mass is 338 g/mol. The van der Waals surface area contributed by atoms with E-state index in [4.69, 9.17) is 4.99 Å². The van der Waals surface area contributed by atoms with Gasteiger partial charge in [-0.3, -0.25) is 9.67 Å². The Hall–Kier alpha value is -1.21. The van der Waals surface area contributed by atoms with E-state index in [0.29, 0.717) is 12.6 Å². The highest BCUT2D eigenvalue weighted by molar-refractivity contribution is 7.99. The van der Waals surface area contributed by atoms with Gasteiger partial charge in [-0.2, -0.15) is 16.9 Å². The van der Waals surface area contributed by atoms with Crippen molar-refractivity contribution < 1.29 is 0 Å². The van der Waals surface area contributed by atoms with E-state index in [2.05, 4.69) is 47.8 Å². The Bertz CT molecular complexity index is 493. The van der Waals surface area contributed by atoms with Crippen molar-refractivity contribution in [3.05, 3.63) is 18.0 Å². The minimum absolute atomic E-state index is 0.236. The summed E-state index contributed by atoms with van der Waals surface area (Å²) in [6.45, 7) is 3.70. The predicted octanol–water partition coefficient (Wildman–Crippen LogP) is 1.47. The summed E-state index contributed by atoms with van der Waals surface area (Å²) in [5.74, 6) is 3.38. The van der Waals surface area contributed by atoms with Crippen molar-refractivity contribution in [3.8, 4) is 0 Å². The van der Waals surface area contributed by atoms with Gasteiger partial charge in [-0.05, 0) is 39.6 Å². The molecule has 2 heterocycles. The van der Waals surface area contributed by atoms with Crippen molar-refractivity contribution in [2.75, 3.05) is 38.7 Å². The first-order chi connectivity index (χ1) is 11.1. The van der Waals surface area contributed by atoms with E-state index in [-0.39, 0.29) is 6.04 Å². The summed E-state index contributed by atoms with van der Waals surface area (Å²) >= 11 is 2.03. The highest BCUT2D eigenvalue weighted by Gasteiger charge is 2.18. The maximum Gasteiger partial charge on any atom is 0.191 e. The average molecular weight is 339 g/mol. The topological polar surface area (TPSA) is 57.5 Å². The van der Waals surface area contributed by atoms with Crippen LogP contribution in [0.2, 0.25) is 0 Å². The van der Waals surface area contributed by atoms with Gasteiger partial charge in [0.1, 0.15) is 0 Å². The first-order valence-electron chi connectivity index (χ1n) is 8.37. The van der Waals surface area contributed by atoms with Crippen LogP contribution >= 0.6 is 11.8 Å². The van der Waals surface area contributed by atoms with E-state index in [1.54, 1.807) is 0 Å². The van der Waals surface area contributed by atoms with Crippen LogP contribution in [0, 0.1) is 0 Å². The molecule has 2 atom stereocenters. The summed E-state index contributed by atoms with van der Waals surface area (Å²) in [6, 6.07) is 0.766. The highest BCUT2D eigenvalue weighted by atomic mass is 32.2. The third-order valence-electron chi connectivity index (χ3n) is 4.00. The minimum atomic E-state index is 0.236. The van der Waals surface area contributed by atoms with E-state index in [1.165, 1.54) is 29.9 Å². The number of aliphatic imine (C=N–C) groups is 1. The second-order valence-corrected chi connectivity index (χ2v) is 7.35. The van der Waals surface area contributed by atoms with Crippen molar-refractivity contribution in [1.29, 1.82) is 0 Å². The van der Waals surface area contributed by atoms with Gasteiger partial charge in [0, 0.05) is 37.1 Å². The number of aromatic nitrogens is 2. The van der Waals surface area contributed by atoms with Crippen LogP contribution < -0.4 is 10.6 Å². The molecule has 23 heavy (non-hydrogen) atoms. The number of rotatable bonds is 6. The number of guanidine groups is 1. The maximum absolute atomic E-state index is 4.82. The van der Waals surface area contributed by atoms with Crippen molar-refractivity contribution >= 4 is 17.7 Å². The third-order valence-corrected chi connectivity index (χ3v) is 5.22. The summed E-state index contributed by atoms with van der Waals surface area (Å²) in [5, 5.41) is 11.2. The third kappa shape index (κ3) is 5.73. The second-order valence-electron chi connectivity index (χ2n) is 6.20. The average Bonchev–Trinajstić information content (AvgIpc) is 2.94. The molecular formula is C16H30N6S. The Morgan fingerprint density at radius 2 is 2.39 bits per heavy atom. The molecular weight excluding hydrogens is 308 g/mol. The molecule has 1 aliphatic heterocycles. The smallest absolute Gasteiger partial charge is 0.191 e. The number of hydrogen-bond acceptors (Lipinski definition) is 4. The molecule has 1 fully saturated rings. The number of hydrogen-bond donors (Lipinski definition) is 2. The zero-order valence-corrected chi connectivity index (χ0v) is 15.6. The van der Waals surface area contributed by atoms with E-state index in [1.807, 2.05) is 29.7 Å². The van der Waals surface area contributed by atoms with Gasteiger partial charge in [0.05, 0.1) is 18.8 Å². The SMILES string of the molecule is CCNC(=NCC(c1cnn(C)c1)N(C)C)NC1CCCSC1. The molecule has 0 bridgehead atoms. The van der Waals surface area contributed by atoms with Crippen LogP contribution in [0.1, 0.15) is 31.4 Å². The van der Waals surface area contributed by atoms with Crippen molar-refractivity contribution in [1.82, 2.24) is 25.3 Å². The van der Waals surface area contributed by atoms with Crippen LogP contribution in [0.4, 0.5) is 0 Å². The zero-order valence-electron chi connectivity index (χ0n) is 14.7. The van der Waals surface area contributed by atoms with Crippen LogP contribution in [0.5, 0.6) is 0 Å². The quantitative estimate of drug-likeness (QED) is 0.608. The van der Waals surface area contributed by atoms with Gasteiger partial charge in [0.15, 0.2) is 5.96 Å². The molecule has 6 nitrogen and oxygen atoms in total. The lowest BCUT2D eigenvalue weighted by atomic mass is 10.1. The van der Waals surface area contributed by atoms with Gasteiger partial charge in [0.2, 0.25) is 0 Å². The molecule has 0 aliphatic carbocycles. The number of nitrogens with zero attached hydrogens (tertiary/aromatic N) is 4. The number of likely N-dealkylation sites (N-methyl/N-ethyl adjacent to an activating group) is 1. The molecule has 1 saturated heterocycles. The van der Waals surface area contributed by atoms with Gasteiger partial charge in [-0.25, -0.2) is 0 Å². The minimum Gasteiger partial charge on any atom is -0.357 e. The summed E-state index contributed by atoms with van der Waals surface area (Å²) < 4.78 is 1.85. The van der Waals surface area contributed by atoms with Gasteiger partial charge in [-0.15, -0.1) is 0 Å². The molecule has 0 saturated carbocycles. The molecule has 1 aliphatic rings. The van der Waals surface area contributed by atoms with Crippen LogP contribution in [0.25, 0.3) is 0 Å². The lowest BCUT2D eigenvalue weighted by Crippen LogP contribution is -2.45. The molecule has 0 radical (unpaired) electrons. The van der Waals surface area contributed by atoms with E-state index in [9.17, 15) is 0 Å². The highest BCUT2D eigenvalue weighted by Crippen LogP contribution is 2.18. The first kappa shape index (κ1) is 18.1. The van der Waals surface area contributed by atoms with E-state index < -0.39 is 0 Å². The molecule has 0 amide bonds. The molecule has 7 heteroatoms. The van der Waals surface area contributed by atoms with E-state index >= 15 is 0 Å². The normalized spacial score (nSPS) is 20.6. The maximum atomic E-state index is 4.82. The Kier molecular flexibility index (Phi) is 7.23. The zero-order chi connectivity index (χ0) is 16.7. The molecule has 2 N–H and O–H groups in total. The largest absolute Gasteiger partial charge is 0.357 e. The lowest BCUT2D eigenvalue weighted by molar-refractivity contribution is 0.306. The molecule has 1 aromatic rings. The van der Waals surface area contributed by atoms with Crippen LogP contribution in [0.15, 0.2) is 17.4 Å². The van der Waals surface area contributed by atoms with Gasteiger partial charge >= 0.3 is 0 Å². The standard InChI is InChI=1S/C16H30N6S/c1-5-17-16(20-14-7-6-8-23-12-14)18-10-15(21(2)3)13-9-19-22(4)11-13/h9,11,14-15H,5-8,10,12H2,1-4H3,(H2,17,18,20). The summed E-state index contributed by atoms with van der Waals surface area (Å²) in [5.41, 5.74) is 1.20. The molecule has 2 rings (SSSR count). The van der Waals surface area contributed by atoms with Gasteiger partial charge in [-0.1, -0.05) is 0 Å². The Morgan fingerprint density at radius 1 is 1.57 bits per heavy atom. The molecule has 2 unspecified atom stereocenters. The van der Waals surface area contributed by atoms with Crippen LogP contribution in [-0.4, -0.2) is 65.4 Å². The Labute approximate surface area is 144 Å². The first-order valence-corrected chi connectivity index (χ1v) is 9.53. The molecule has 0 aromatic carbocycles. The van der Waals surface area contributed by atoms with Gasteiger partial charge < -0.3 is 15.5 Å². The predicted molar refractivity (Wildman–Crippen MR) is 99.1 cm³/mol. The number of thioether (sulfide) groups is 1.